The number of nitrogens with zero attached hydrogens (tertiary/aromatic N) is 4. The third-order valence-corrected chi connectivity index (χ3v) is 3.02. The number of hydrazone groups is 1. The Balaban J connectivity index is 1.97. The van der Waals surface area contributed by atoms with Crippen molar-refractivity contribution >= 4 is 17.2 Å². The lowest BCUT2D eigenvalue weighted by Gasteiger charge is -2.23. The molecule has 0 saturated heterocycles. The molecule has 2 aromatic carbocycles. The Morgan fingerprint density at radius 3 is 2.25 bits per heavy atom. The SMILES string of the molecule is N#CC1=NN(c2ccccc2)CC(c2ccccc2)=N1. The van der Waals surface area contributed by atoms with Gasteiger partial charge in [-0.3, -0.25) is 5.01 Å². The summed E-state index contributed by atoms with van der Waals surface area (Å²) in [6, 6.07) is 21.7. The van der Waals surface area contributed by atoms with Crippen LogP contribution in [0.15, 0.2) is 70.8 Å². The third kappa shape index (κ3) is 2.43. The number of hydrogen-bond donors (Lipinski definition) is 0. The smallest absolute Gasteiger partial charge is 0.250 e. The van der Waals surface area contributed by atoms with Crippen LogP contribution in [-0.2, 0) is 0 Å². The average molecular weight is 260 g/mol. The van der Waals surface area contributed by atoms with Gasteiger partial charge in [0.25, 0.3) is 5.84 Å². The van der Waals surface area contributed by atoms with E-state index < -0.39 is 0 Å². The topological polar surface area (TPSA) is 51.8 Å². The first kappa shape index (κ1) is 12.1. The second-order valence-electron chi connectivity index (χ2n) is 4.35. The normalized spacial score (nSPS) is 14.2. The lowest BCUT2D eigenvalue weighted by molar-refractivity contribution is 0.945. The molecule has 2 aromatic rings. The van der Waals surface area contributed by atoms with E-state index in [4.69, 9.17) is 5.26 Å². The van der Waals surface area contributed by atoms with Crippen LogP contribution in [0, 0.1) is 11.3 Å². The summed E-state index contributed by atoms with van der Waals surface area (Å²) in [7, 11) is 0. The van der Waals surface area contributed by atoms with Crippen LogP contribution in [0.4, 0.5) is 5.69 Å². The molecule has 1 aliphatic heterocycles. The Morgan fingerprint density at radius 2 is 1.60 bits per heavy atom. The number of hydrogen-bond acceptors (Lipinski definition) is 4. The summed E-state index contributed by atoms with van der Waals surface area (Å²) in [4.78, 5) is 4.31. The molecule has 3 rings (SSSR count). The molecule has 0 unspecified atom stereocenters. The van der Waals surface area contributed by atoms with Gasteiger partial charge in [-0.2, -0.15) is 5.26 Å². The van der Waals surface area contributed by atoms with E-state index in [1.807, 2.05) is 66.7 Å². The summed E-state index contributed by atoms with van der Waals surface area (Å²) in [5, 5.41) is 15.2. The minimum atomic E-state index is 0.180. The summed E-state index contributed by atoms with van der Waals surface area (Å²) in [6.07, 6.45) is 0. The van der Waals surface area contributed by atoms with Crippen molar-refractivity contribution in [2.75, 3.05) is 11.6 Å². The van der Waals surface area contributed by atoms with E-state index in [0.717, 1.165) is 17.0 Å². The molecule has 0 atom stereocenters. The molecule has 0 aliphatic carbocycles. The van der Waals surface area contributed by atoms with Crippen molar-refractivity contribution in [1.82, 2.24) is 0 Å². The second kappa shape index (κ2) is 5.37. The molecule has 0 fully saturated rings. The highest BCUT2D eigenvalue weighted by Crippen LogP contribution is 2.18. The molecule has 0 radical (unpaired) electrons. The number of amidine groups is 1. The van der Waals surface area contributed by atoms with Crippen molar-refractivity contribution in [2.45, 2.75) is 0 Å². The number of para-hydroxylation sites is 1. The zero-order chi connectivity index (χ0) is 13.8. The van der Waals surface area contributed by atoms with Crippen LogP contribution in [-0.4, -0.2) is 18.1 Å². The van der Waals surface area contributed by atoms with Crippen molar-refractivity contribution in [3.8, 4) is 6.07 Å². The lowest BCUT2D eigenvalue weighted by atomic mass is 10.1. The quantitative estimate of drug-likeness (QED) is 0.833. The largest absolute Gasteiger partial charge is 0.257 e. The Kier molecular flexibility index (Phi) is 3.25. The minimum Gasteiger partial charge on any atom is -0.257 e. The summed E-state index contributed by atoms with van der Waals surface area (Å²) in [5.41, 5.74) is 2.81. The molecule has 1 aliphatic rings. The van der Waals surface area contributed by atoms with Gasteiger partial charge in [0.15, 0.2) is 0 Å². The van der Waals surface area contributed by atoms with Crippen LogP contribution in [0.3, 0.4) is 0 Å². The fourth-order valence-electron chi connectivity index (χ4n) is 2.06. The molecule has 1 heterocycles. The molecule has 0 N–H and O–H groups in total. The fourth-order valence-corrected chi connectivity index (χ4v) is 2.06. The molecule has 0 spiro atoms. The molecule has 96 valence electrons. The number of nitriles is 1. The van der Waals surface area contributed by atoms with E-state index in [1.165, 1.54) is 0 Å². The van der Waals surface area contributed by atoms with Gasteiger partial charge in [0, 0.05) is 0 Å². The number of rotatable bonds is 2. The first-order valence-electron chi connectivity index (χ1n) is 6.31. The van der Waals surface area contributed by atoms with Gasteiger partial charge in [0.05, 0.1) is 17.9 Å². The predicted molar refractivity (Wildman–Crippen MR) is 79.8 cm³/mol. The maximum absolute atomic E-state index is 9.11. The fraction of sp³-hybridized carbons (Fsp3) is 0.0625. The predicted octanol–water partition coefficient (Wildman–Crippen LogP) is 2.83. The molecule has 0 amide bonds. The Hall–Kier alpha value is -2.93. The molecule has 0 saturated carbocycles. The Morgan fingerprint density at radius 1 is 0.950 bits per heavy atom. The van der Waals surface area contributed by atoms with E-state index in [-0.39, 0.29) is 5.84 Å². The van der Waals surface area contributed by atoms with Gasteiger partial charge >= 0.3 is 0 Å². The van der Waals surface area contributed by atoms with Gasteiger partial charge in [0.1, 0.15) is 6.07 Å². The van der Waals surface area contributed by atoms with Crippen molar-refractivity contribution in [1.29, 1.82) is 5.26 Å². The highest BCUT2D eigenvalue weighted by atomic mass is 15.5. The molecule has 0 bridgehead atoms. The molecule has 20 heavy (non-hydrogen) atoms. The van der Waals surface area contributed by atoms with Crippen LogP contribution in [0.5, 0.6) is 0 Å². The zero-order valence-electron chi connectivity index (χ0n) is 10.8. The molecule has 0 aromatic heterocycles. The average Bonchev–Trinajstić information content (AvgIpc) is 2.56. The number of aliphatic imine (C=N–C) groups is 1. The van der Waals surface area contributed by atoms with Crippen LogP contribution in [0.1, 0.15) is 5.56 Å². The summed E-state index contributed by atoms with van der Waals surface area (Å²) in [5.74, 6) is 0.180. The van der Waals surface area contributed by atoms with Crippen molar-refractivity contribution in [3.05, 3.63) is 66.2 Å². The highest BCUT2D eigenvalue weighted by Gasteiger charge is 2.17. The van der Waals surface area contributed by atoms with E-state index in [9.17, 15) is 0 Å². The van der Waals surface area contributed by atoms with Crippen molar-refractivity contribution in [3.63, 3.8) is 0 Å². The maximum Gasteiger partial charge on any atom is 0.250 e. The number of benzene rings is 2. The first-order valence-corrected chi connectivity index (χ1v) is 6.31. The van der Waals surface area contributed by atoms with Crippen LogP contribution >= 0.6 is 0 Å². The molecule has 4 heteroatoms. The summed E-state index contributed by atoms with van der Waals surface area (Å²) >= 11 is 0. The van der Waals surface area contributed by atoms with E-state index in [2.05, 4.69) is 10.1 Å². The van der Waals surface area contributed by atoms with Gasteiger partial charge in [0.2, 0.25) is 0 Å². The van der Waals surface area contributed by atoms with Crippen LogP contribution in [0.2, 0.25) is 0 Å². The van der Waals surface area contributed by atoms with Crippen LogP contribution in [0.25, 0.3) is 0 Å². The highest BCUT2D eigenvalue weighted by molar-refractivity contribution is 6.15. The van der Waals surface area contributed by atoms with E-state index >= 15 is 0 Å². The second-order valence-corrected chi connectivity index (χ2v) is 4.35. The van der Waals surface area contributed by atoms with Crippen LogP contribution < -0.4 is 5.01 Å². The number of anilines is 1. The third-order valence-electron chi connectivity index (χ3n) is 3.02. The standard InChI is InChI=1S/C16H12N4/c17-11-16-18-15(13-7-3-1-4-8-13)12-20(19-16)14-9-5-2-6-10-14/h1-10H,12H2. The van der Waals surface area contributed by atoms with Gasteiger partial charge in [-0.25, -0.2) is 4.99 Å². The molecular formula is C16H12N4. The first-order chi connectivity index (χ1) is 9.86. The van der Waals surface area contributed by atoms with Gasteiger partial charge in [-0.05, 0) is 17.7 Å². The molecule has 4 nitrogen and oxygen atoms in total. The monoisotopic (exact) mass is 260 g/mol. The van der Waals surface area contributed by atoms with E-state index in [0.29, 0.717) is 6.54 Å². The van der Waals surface area contributed by atoms with Gasteiger partial charge in [-0.1, -0.05) is 48.5 Å². The van der Waals surface area contributed by atoms with Crippen molar-refractivity contribution in [2.24, 2.45) is 10.1 Å². The molecular weight excluding hydrogens is 248 g/mol. The van der Waals surface area contributed by atoms with Gasteiger partial charge in [-0.15, -0.1) is 5.10 Å². The van der Waals surface area contributed by atoms with Crippen molar-refractivity contribution < 1.29 is 0 Å². The minimum absolute atomic E-state index is 0.180. The summed E-state index contributed by atoms with van der Waals surface area (Å²) < 4.78 is 0. The van der Waals surface area contributed by atoms with Gasteiger partial charge < -0.3 is 0 Å². The Labute approximate surface area is 117 Å². The summed E-state index contributed by atoms with van der Waals surface area (Å²) in [6.45, 7) is 0.555. The zero-order valence-corrected chi connectivity index (χ0v) is 10.8. The van der Waals surface area contributed by atoms with E-state index in [1.54, 1.807) is 5.01 Å². The Bertz CT molecular complexity index is 696. The maximum atomic E-state index is 9.11. The lowest BCUT2D eigenvalue weighted by Crippen LogP contribution is -2.31.